The van der Waals surface area contributed by atoms with E-state index in [0.717, 1.165) is 35.2 Å². The number of ether oxygens (including phenoxy) is 2. The zero-order chi connectivity index (χ0) is 20.8. The van der Waals surface area contributed by atoms with E-state index < -0.39 is 7.14 Å². The van der Waals surface area contributed by atoms with Crippen molar-refractivity contribution in [1.82, 2.24) is 0 Å². The van der Waals surface area contributed by atoms with Gasteiger partial charge in [0.05, 0.1) is 21.4 Å². The summed E-state index contributed by atoms with van der Waals surface area (Å²) >= 11 is 0. The molecule has 28 heavy (non-hydrogen) atoms. The first kappa shape index (κ1) is 22.6. The zero-order valence-electron chi connectivity index (χ0n) is 18.2. The van der Waals surface area contributed by atoms with Crippen molar-refractivity contribution in [2.75, 3.05) is 20.4 Å². The molecule has 1 unspecified atom stereocenters. The van der Waals surface area contributed by atoms with Gasteiger partial charge in [0, 0.05) is 29.6 Å². The number of methoxy groups -OCH3 is 2. The molecule has 0 bridgehead atoms. The number of para-hydroxylation sites is 2. The van der Waals surface area contributed by atoms with Crippen molar-refractivity contribution in [1.29, 1.82) is 0 Å². The average Bonchev–Trinajstić information content (AvgIpc) is 2.60. The van der Waals surface area contributed by atoms with Crippen LogP contribution in [0, 0.1) is 11.3 Å². The second-order valence-corrected chi connectivity index (χ2v) is 12.2. The standard InChI is InChI=1S/C24H35O3P/c1-19(15-24(2,3)4)16-28(25,17-20-11-7-9-13-22(20)26-5)18-21-12-8-10-14-23(21)27-6/h7-14,19H,15-18H2,1-6H3. The lowest BCUT2D eigenvalue weighted by Crippen LogP contribution is -2.15. The van der Waals surface area contributed by atoms with Crippen LogP contribution >= 0.6 is 7.14 Å². The molecule has 0 saturated heterocycles. The van der Waals surface area contributed by atoms with Gasteiger partial charge in [-0.05, 0) is 29.9 Å². The quantitative estimate of drug-likeness (QED) is 0.431. The highest BCUT2D eigenvalue weighted by molar-refractivity contribution is 7.62. The van der Waals surface area contributed by atoms with Crippen molar-refractivity contribution >= 4 is 7.14 Å². The van der Waals surface area contributed by atoms with Crippen molar-refractivity contribution in [2.24, 2.45) is 11.3 Å². The first-order chi connectivity index (χ1) is 13.2. The molecule has 4 heteroatoms. The van der Waals surface area contributed by atoms with E-state index in [1.54, 1.807) is 14.2 Å². The Hall–Kier alpha value is -1.73. The van der Waals surface area contributed by atoms with Crippen molar-refractivity contribution < 1.29 is 14.0 Å². The van der Waals surface area contributed by atoms with Gasteiger partial charge in [0.2, 0.25) is 0 Å². The van der Waals surface area contributed by atoms with Crippen LogP contribution in [0.3, 0.4) is 0 Å². The summed E-state index contributed by atoms with van der Waals surface area (Å²) in [5.41, 5.74) is 2.26. The van der Waals surface area contributed by atoms with E-state index in [0.29, 0.717) is 18.2 Å². The summed E-state index contributed by atoms with van der Waals surface area (Å²) < 4.78 is 25.3. The fraction of sp³-hybridized carbons (Fsp3) is 0.500. The number of benzene rings is 2. The van der Waals surface area contributed by atoms with Gasteiger partial charge in [-0.1, -0.05) is 64.1 Å². The number of hydrogen-bond acceptors (Lipinski definition) is 3. The van der Waals surface area contributed by atoms with Crippen LogP contribution < -0.4 is 9.47 Å². The number of rotatable bonds is 9. The first-order valence-electron chi connectivity index (χ1n) is 9.97. The van der Waals surface area contributed by atoms with Crippen molar-refractivity contribution in [3.05, 3.63) is 59.7 Å². The lowest BCUT2D eigenvalue weighted by Gasteiger charge is -2.28. The molecule has 0 amide bonds. The highest BCUT2D eigenvalue weighted by Crippen LogP contribution is 2.56. The number of hydrogen-bond donors (Lipinski definition) is 0. The molecule has 2 aromatic carbocycles. The predicted molar refractivity (Wildman–Crippen MR) is 119 cm³/mol. The van der Waals surface area contributed by atoms with E-state index in [1.165, 1.54) is 0 Å². The fourth-order valence-corrected chi connectivity index (χ4v) is 7.55. The molecule has 0 aliphatic rings. The van der Waals surface area contributed by atoms with E-state index in [-0.39, 0.29) is 5.41 Å². The Morgan fingerprint density at radius 3 is 1.68 bits per heavy atom. The molecule has 2 rings (SSSR count). The maximum Gasteiger partial charge on any atom is 0.122 e. The van der Waals surface area contributed by atoms with Crippen LogP contribution in [0.4, 0.5) is 0 Å². The highest BCUT2D eigenvalue weighted by Gasteiger charge is 2.29. The molecular formula is C24H35O3P. The molecule has 0 aliphatic carbocycles. The van der Waals surface area contributed by atoms with E-state index >= 15 is 0 Å². The Morgan fingerprint density at radius 2 is 1.29 bits per heavy atom. The summed E-state index contributed by atoms with van der Waals surface area (Å²) in [5, 5.41) is 0. The molecule has 3 nitrogen and oxygen atoms in total. The van der Waals surface area contributed by atoms with Crippen LogP contribution in [0.25, 0.3) is 0 Å². The van der Waals surface area contributed by atoms with Crippen LogP contribution in [0.5, 0.6) is 11.5 Å². The fourth-order valence-electron chi connectivity index (χ4n) is 4.15. The molecule has 0 aromatic heterocycles. The van der Waals surface area contributed by atoms with Crippen LogP contribution in [0.2, 0.25) is 0 Å². The minimum Gasteiger partial charge on any atom is -0.496 e. The third kappa shape index (κ3) is 6.71. The third-order valence-corrected chi connectivity index (χ3v) is 8.03. The largest absolute Gasteiger partial charge is 0.496 e. The van der Waals surface area contributed by atoms with Crippen molar-refractivity contribution in [2.45, 2.75) is 46.4 Å². The Balaban J connectivity index is 2.35. The van der Waals surface area contributed by atoms with Gasteiger partial charge in [-0.2, -0.15) is 0 Å². The second-order valence-electron chi connectivity index (χ2n) is 9.05. The Morgan fingerprint density at radius 1 is 0.857 bits per heavy atom. The normalized spacial score (nSPS) is 13.2. The maximum absolute atomic E-state index is 14.3. The third-order valence-electron chi connectivity index (χ3n) is 4.91. The van der Waals surface area contributed by atoms with Gasteiger partial charge in [-0.25, -0.2) is 0 Å². The molecule has 0 radical (unpaired) electrons. The maximum atomic E-state index is 14.3. The molecule has 0 N–H and O–H groups in total. The Labute approximate surface area is 170 Å². The zero-order valence-corrected chi connectivity index (χ0v) is 19.1. The SMILES string of the molecule is COc1ccccc1CP(=O)(Cc1ccccc1OC)CC(C)CC(C)(C)C. The monoisotopic (exact) mass is 402 g/mol. The van der Waals surface area contributed by atoms with Gasteiger partial charge in [-0.15, -0.1) is 0 Å². The van der Waals surface area contributed by atoms with E-state index in [9.17, 15) is 4.57 Å². The van der Waals surface area contributed by atoms with Gasteiger partial charge in [0.1, 0.15) is 11.5 Å². The van der Waals surface area contributed by atoms with Gasteiger partial charge in [0.25, 0.3) is 0 Å². The van der Waals surface area contributed by atoms with Crippen molar-refractivity contribution in [3.63, 3.8) is 0 Å². The predicted octanol–water partition coefficient (Wildman–Crippen LogP) is 6.84. The highest BCUT2D eigenvalue weighted by atomic mass is 31.2. The summed E-state index contributed by atoms with van der Waals surface area (Å²) in [7, 11) is 0.800. The second kappa shape index (κ2) is 9.65. The van der Waals surface area contributed by atoms with Gasteiger partial charge in [-0.3, -0.25) is 0 Å². The Kier molecular flexibility index (Phi) is 7.78. The summed E-state index contributed by atoms with van der Waals surface area (Å²) in [6, 6.07) is 15.8. The van der Waals surface area contributed by atoms with Crippen LogP contribution in [-0.2, 0) is 16.9 Å². The van der Waals surface area contributed by atoms with Crippen LogP contribution in [0.15, 0.2) is 48.5 Å². The Bertz CT molecular complexity index is 754. The van der Waals surface area contributed by atoms with Crippen LogP contribution in [-0.4, -0.2) is 20.4 Å². The minimum absolute atomic E-state index is 0.221. The molecule has 1 atom stereocenters. The van der Waals surface area contributed by atoms with Gasteiger partial charge < -0.3 is 14.0 Å². The topological polar surface area (TPSA) is 35.5 Å². The summed E-state index contributed by atoms with van der Waals surface area (Å²) in [6.07, 6.45) is 2.86. The summed E-state index contributed by atoms with van der Waals surface area (Å²) in [6.45, 7) is 8.96. The van der Waals surface area contributed by atoms with Gasteiger partial charge in [0.15, 0.2) is 0 Å². The minimum atomic E-state index is -2.55. The lowest BCUT2D eigenvalue weighted by molar-refractivity contribution is 0.321. The molecule has 0 aliphatic heterocycles. The smallest absolute Gasteiger partial charge is 0.122 e. The van der Waals surface area contributed by atoms with Gasteiger partial charge >= 0.3 is 0 Å². The molecule has 154 valence electrons. The molecular weight excluding hydrogens is 367 g/mol. The lowest BCUT2D eigenvalue weighted by atomic mass is 9.86. The molecule has 0 fully saturated rings. The first-order valence-corrected chi connectivity index (χ1v) is 12.2. The van der Waals surface area contributed by atoms with E-state index in [4.69, 9.17) is 9.47 Å². The van der Waals surface area contributed by atoms with Crippen LogP contribution in [0.1, 0.15) is 45.2 Å². The molecule has 2 aromatic rings. The van der Waals surface area contributed by atoms with E-state index in [1.807, 2.05) is 48.5 Å². The molecule has 0 heterocycles. The summed E-state index contributed by atoms with van der Waals surface area (Å²) in [4.78, 5) is 0. The molecule has 0 saturated carbocycles. The summed E-state index contributed by atoms with van der Waals surface area (Å²) in [5.74, 6) is 2.01. The molecule has 0 spiro atoms. The van der Waals surface area contributed by atoms with Crippen molar-refractivity contribution in [3.8, 4) is 11.5 Å². The van der Waals surface area contributed by atoms with E-state index in [2.05, 4.69) is 27.7 Å². The average molecular weight is 403 g/mol.